The van der Waals surface area contributed by atoms with E-state index in [2.05, 4.69) is 51.8 Å². The van der Waals surface area contributed by atoms with Gasteiger partial charge in [0.05, 0.1) is 12.2 Å². The maximum Gasteiger partial charge on any atom is 0.192 e. The predicted octanol–water partition coefficient (Wildman–Crippen LogP) is 4.96. The van der Waals surface area contributed by atoms with Crippen LogP contribution in [0.3, 0.4) is 0 Å². The average Bonchev–Trinajstić information content (AvgIpc) is 3.04. The molecule has 2 fully saturated rings. The molecule has 0 aliphatic heterocycles. The zero-order chi connectivity index (χ0) is 20.4. The number of hydrogen-bond acceptors (Lipinski definition) is 3. The fourth-order valence-corrected chi connectivity index (χ4v) is 5.52. The maximum absolute atomic E-state index is 12.0. The number of Topliss-reactive ketones (excluding diaryl/α,β-unsaturated/α-hetero) is 1. The predicted molar refractivity (Wildman–Crippen MR) is 114 cm³/mol. The van der Waals surface area contributed by atoms with E-state index < -0.39 is 14.4 Å². The van der Waals surface area contributed by atoms with E-state index >= 15 is 0 Å². The Morgan fingerprint density at radius 3 is 2.59 bits per heavy atom. The number of rotatable bonds is 6. The summed E-state index contributed by atoms with van der Waals surface area (Å²) in [5, 5.41) is 10.7. The molecular formula is C23H38O3Si. The third-order valence-electron chi connectivity index (χ3n) is 6.98. The summed E-state index contributed by atoms with van der Waals surface area (Å²) in [6.07, 6.45) is 6.80. The van der Waals surface area contributed by atoms with Gasteiger partial charge >= 0.3 is 0 Å². The van der Waals surface area contributed by atoms with Crippen LogP contribution in [0.1, 0.15) is 60.3 Å². The van der Waals surface area contributed by atoms with Crippen LogP contribution in [-0.4, -0.2) is 31.4 Å². The molecule has 2 saturated carbocycles. The largest absolute Gasteiger partial charge is 0.413 e. The number of ketones is 1. The summed E-state index contributed by atoms with van der Waals surface area (Å²) in [7, 11) is -1.87. The van der Waals surface area contributed by atoms with E-state index in [9.17, 15) is 9.90 Å². The molecule has 0 aromatic heterocycles. The topological polar surface area (TPSA) is 46.5 Å². The maximum atomic E-state index is 12.0. The number of carbonyl (C=O) groups is 1. The molecule has 0 bridgehead atoms. The number of aliphatic hydroxyl groups excluding tert-OH is 1. The van der Waals surface area contributed by atoms with Gasteiger partial charge in [-0.3, -0.25) is 4.79 Å². The number of fused-ring (bicyclic) bond motifs is 1. The molecule has 0 amide bonds. The molecule has 2 rings (SSSR count). The molecular weight excluding hydrogens is 352 g/mol. The first-order chi connectivity index (χ1) is 12.5. The van der Waals surface area contributed by atoms with Gasteiger partial charge in [0.25, 0.3) is 0 Å². The smallest absolute Gasteiger partial charge is 0.192 e. The number of aliphatic hydroxyl groups is 1. The molecule has 6 atom stereocenters. The van der Waals surface area contributed by atoms with Crippen molar-refractivity contribution in [1.82, 2.24) is 0 Å². The standard InChI is InChI=1S/C23H38O3Si/c1-8-9-10-16(2)21(25)12-11-19-20-15-18(24)13-17(20)14-22(19)26-27(6,7)23(3,4)5/h11-12,16-17,19-22,25H,10,13-15H2,1-7H3/b12-11+/t16-,17-,19+,20-,21+,22?/m0/s1. The van der Waals surface area contributed by atoms with Gasteiger partial charge in [-0.15, -0.1) is 11.8 Å². The Labute approximate surface area is 167 Å². The number of hydrogen-bond donors (Lipinski definition) is 1. The van der Waals surface area contributed by atoms with Gasteiger partial charge < -0.3 is 9.53 Å². The highest BCUT2D eigenvalue weighted by molar-refractivity contribution is 6.74. The molecule has 0 saturated heterocycles. The van der Waals surface area contributed by atoms with E-state index in [-0.39, 0.29) is 23.0 Å². The summed E-state index contributed by atoms with van der Waals surface area (Å²) in [6.45, 7) is 15.3. The van der Waals surface area contributed by atoms with Crippen molar-refractivity contribution >= 4 is 14.1 Å². The lowest BCUT2D eigenvalue weighted by Crippen LogP contribution is -2.45. The minimum Gasteiger partial charge on any atom is -0.413 e. The summed E-state index contributed by atoms with van der Waals surface area (Å²) in [6, 6.07) is 0. The Bertz CT molecular complexity index is 620. The molecule has 27 heavy (non-hydrogen) atoms. The second kappa shape index (κ2) is 8.63. The van der Waals surface area contributed by atoms with Crippen LogP contribution in [0.4, 0.5) is 0 Å². The van der Waals surface area contributed by atoms with E-state index in [0.29, 0.717) is 36.9 Å². The quantitative estimate of drug-likeness (QED) is 0.396. The minimum atomic E-state index is -1.87. The van der Waals surface area contributed by atoms with Gasteiger partial charge in [0.1, 0.15) is 5.78 Å². The molecule has 1 N–H and O–H groups in total. The number of carbonyl (C=O) groups excluding carboxylic acids is 1. The van der Waals surface area contributed by atoms with E-state index in [1.54, 1.807) is 0 Å². The van der Waals surface area contributed by atoms with Crippen molar-refractivity contribution in [3.05, 3.63) is 12.2 Å². The van der Waals surface area contributed by atoms with E-state index in [1.807, 2.05) is 19.9 Å². The molecule has 0 aromatic rings. The molecule has 2 aliphatic carbocycles. The molecule has 0 heterocycles. The van der Waals surface area contributed by atoms with Crippen molar-refractivity contribution in [2.45, 2.75) is 90.6 Å². The SMILES string of the molecule is CC#CC[C@H](C)[C@H](O)/C=C/[C@H]1C(O[Si](C)(C)C(C)(C)C)C[C@@H]2CC(=O)C[C@@H]21. The summed E-state index contributed by atoms with van der Waals surface area (Å²) < 4.78 is 6.78. The van der Waals surface area contributed by atoms with Gasteiger partial charge in [0, 0.05) is 25.2 Å². The monoisotopic (exact) mass is 390 g/mol. The van der Waals surface area contributed by atoms with Crippen molar-refractivity contribution in [3.8, 4) is 11.8 Å². The van der Waals surface area contributed by atoms with Crippen LogP contribution >= 0.6 is 0 Å². The Balaban J connectivity index is 2.15. The van der Waals surface area contributed by atoms with Crippen molar-refractivity contribution in [2.24, 2.45) is 23.7 Å². The molecule has 4 heteroatoms. The third kappa shape index (κ3) is 5.34. The van der Waals surface area contributed by atoms with E-state index in [4.69, 9.17) is 4.43 Å². The summed E-state index contributed by atoms with van der Waals surface area (Å²) in [5.74, 6) is 7.49. The van der Waals surface area contributed by atoms with Crippen LogP contribution in [0.2, 0.25) is 18.1 Å². The second-order valence-corrected chi connectivity index (χ2v) is 14.8. The van der Waals surface area contributed by atoms with E-state index in [0.717, 1.165) is 6.42 Å². The molecule has 2 aliphatic rings. The summed E-state index contributed by atoms with van der Waals surface area (Å²) in [4.78, 5) is 12.0. The van der Waals surface area contributed by atoms with Gasteiger partial charge in [-0.25, -0.2) is 0 Å². The van der Waals surface area contributed by atoms with Crippen LogP contribution in [0, 0.1) is 35.5 Å². The molecule has 152 valence electrons. The van der Waals surface area contributed by atoms with Crippen LogP contribution < -0.4 is 0 Å². The van der Waals surface area contributed by atoms with Gasteiger partial charge in [-0.05, 0) is 49.2 Å². The van der Waals surface area contributed by atoms with Gasteiger partial charge in [0.15, 0.2) is 8.32 Å². The van der Waals surface area contributed by atoms with Crippen LogP contribution in [-0.2, 0) is 9.22 Å². The summed E-state index contributed by atoms with van der Waals surface area (Å²) >= 11 is 0. The van der Waals surface area contributed by atoms with E-state index in [1.165, 1.54) is 0 Å². The fourth-order valence-electron chi connectivity index (χ4n) is 4.16. The zero-order valence-corrected chi connectivity index (χ0v) is 19.2. The van der Waals surface area contributed by atoms with Crippen molar-refractivity contribution in [2.75, 3.05) is 0 Å². The molecule has 0 spiro atoms. The highest BCUT2D eigenvalue weighted by atomic mass is 28.4. The van der Waals surface area contributed by atoms with Gasteiger partial charge in [0.2, 0.25) is 0 Å². The fraction of sp³-hybridized carbons (Fsp3) is 0.783. The highest BCUT2D eigenvalue weighted by Crippen LogP contribution is 2.50. The molecule has 1 unspecified atom stereocenters. The Hall–Kier alpha value is -0.893. The lowest BCUT2D eigenvalue weighted by Gasteiger charge is -2.40. The highest BCUT2D eigenvalue weighted by Gasteiger charge is 2.50. The lowest BCUT2D eigenvalue weighted by atomic mass is 9.89. The van der Waals surface area contributed by atoms with Crippen molar-refractivity contribution in [1.29, 1.82) is 0 Å². The average molecular weight is 391 g/mol. The Morgan fingerprint density at radius 2 is 2.00 bits per heavy atom. The normalized spacial score (nSPS) is 30.9. The zero-order valence-electron chi connectivity index (χ0n) is 18.2. The summed E-state index contributed by atoms with van der Waals surface area (Å²) in [5.41, 5.74) is 0. The first kappa shape index (κ1) is 22.4. The Kier molecular flexibility index (Phi) is 7.16. The first-order valence-electron chi connectivity index (χ1n) is 10.4. The van der Waals surface area contributed by atoms with Crippen molar-refractivity contribution < 1.29 is 14.3 Å². The van der Waals surface area contributed by atoms with Crippen LogP contribution in [0.5, 0.6) is 0 Å². The third-order valence-corrected chi connectivity index (χ3v) is 11.5. The van der Waals surface area contributed by atoms with Crippen molar-refractivity contribution in [3.63, 3.8) is 0 Å². The molecule has 0 radical (unpaired) electrons. The van der Waals surface area contributed by atoms with Crippen LogP contribution in [0.15, 0.2) is 12.2 Å². The van der Waals surface area contributed by atoms with Crippen LogP contribution in [0.25, 0.3) is 0 Å². The lowest BCUT2D eigenvalue weighted by molar-refractivity contribution is -0.118. The molecule has 3 nitrogen and oxygen atoms in total. The second-order valence-electron chi connectivity index (χ2n) is 10.1. The first-order valence-corrected chi connectivity index (χ1v) is 13.3. The van der Waals surface area contributed by atoms with Gasteiger partial charge in [-0.2, -0.15) is 0 Å². The van der Waals surface area contributed by atoms with Gasteiger partial charge in [-0.1, -0.05) is 39.8 Å². The molecule has 0 aromatic carbocycles. The Morgan fingerprint density at radius 1 is 1.33 bits per heavy atom. The minimum absolute atomic E-state index is 0.107.